The minimum atomic E-state index is -0.255. The number of ether oxygens (including phenoxy) is 1. The summed E-state index contributed by atoms with van der Waals surface area (Å²) in [5, 5.41) is 4.17. The lowest BCUT2D eigenvalue weighted by molar-refractivity contribution is -0.143. The first-order valence-electron chi connectivity index (χ1n) is 11.3. The first-order valence-corrected chi connectivity index (χ1v) is 11.3. The van der Waals surface area contributed by atoms with Gasteiger partial charge in [0.2, 0.25) is 5.91 Å². The molecule has 166 valence electrons. The van der Waals surface area contributed by atoms with Crippen LogP contribution >= 0.6 is 0 Å². The predicted octanol–water partition coefficient (Wildman–Crippen LogP) is 2.37. The van der Waals surface area contributed by atoms with Gasteiger partial charge in [-0.1, -0.05) is 30.3 Å². The van der Waals surface area contributed by atoms with Gasteiger partial charge in [0.1, 0.15) is 12.6 Å². The van der Waals surface area contributed by atoms with E-state index in [0.29, 0.717) is 12.5 Å². The zero-order valence-corrected chi connectivity index (χ0v) is 18.2. The maximum absolute atomic E-state index is 13.0. The lowest BCUT2D eigenvalue weighted by Gasteiger charge is -2.40. The smallest absolute Gasteiger partial charge is 0.251 e. The Morgan fingerprint density at radius 3 is 2.58 bits per heavy atom. The normalized spacial score (nSPS) is 20.5. The minimum Gasteiger partial charge on any atom is -0.368 e. The number of likely N-dealkylation sites (N-methyl/N-ethyl adjacent to an activating group) is 1. The van der Waals surface area contributed by atoms with Crippen molar-refractivity contribution < 1.29 is 14.3 Å². The maximum atomic E-state index is 13.0. The number of aromatic nitrogens is 2. The molecule has 0 saturated carbocycles. The SMILES string of the molecule is CN(C(=O)Cn1cccn1)[C@H](Cc1ccccc1)C1CCN(C(=O)[C@@H]2CCCO2)CC1. The molecule has 2 aromatic rings. The van der Waals surface area contributed by atoms with Crippen LogP contribution in [0.3, 0.4) is 0 Å². The molecule has 0 aliphatic carbocycles. The lowest BCUT2D eigenvalue weighted by atomic mass is 9.84. The maximum Gasteiger partial charge on any atom is 0.251 e. The molecule has 4 rings (SSSR count). The molecule has 0 radical (unpaired) electrons. The summed E-state index contributed by atoms with van der Waals surface area (Å²) < 4.78 is 7.26. The third kappa shape index (κ3) is 5.34. The van der Waals surface area contributed by atoms with Crippen molar-refractivity contribution >= 4 is 11.8 Å². The van der Waals surface area contributed by atoms with Gasteiger partial charge in [0, 0.05) is 45.2 Å². The highest BCUT2D eigenvalue weighted by Gasteiger charge is 2.35. The Bertz CT molecular complexity index is 841. The van der Waals surface area contributed by atoms with E-state index in [2.05, 4.69) is 17.2 Å². The molecule has 1 aromatic carbocycles. The molecule has 2 aliphatic rings. The number of rotatable bonds is 7. The molecular formula is C24H32N4O3. The minimum absolute atomic E-state index is 0.0579. The Morgan fingerprint density at radius 1 is 1.16 bits per heavy atom. The third-order valence-electron chi connectivity index (χ3n) is 6.64. The molecule has 3 heterocycles. The Kier molecular flexibility index (Phi) is 7.02. The molecule has 2 saturated heterocycles. The number of hydrogen-bond donors (Lipinski definition) is 0. The van der Waals surface area contributed by atoms with E-state index >= 15 is 0 Å². The van der Waals surface area contributed by atoms with Gasteiger partial charge in [-0.25, -0.2) is 0 Å². The van der Waals surface area contributed by atoms with Crippen molar-refractivity contribution in [3.8, 4) is 0 Å². The Labute approximate surface area is 184 Å². The van der Waals surface area contributed by atoms with Crippen LogP contribution in [0.1, 0.15) is 31.2 Å². The number of amides is 2. The van der Waals surface area contributed by atoms with E-state index in [1.165, 1.54) is 5.56 Å². The molecule has 0 N–H and O–H groups in total. The summed E-state index contributed by atoms with van der Waals surface area (Å²) in [5.74, 6) is 0.543. The summed E-state index contributed by atoms with van der Waals surface area (Å²) in [5.41, 5.74) is 1.23. The Balaban J connectivity index is 1.42. The van der Waals surface area contributed by atoms with Crippen LogP contribution in [-0.2, 0) is 27.3 Å². The van der Waals surface area contributed by atoms with Gasteiger partial charge in [0.05, 0.1) is 0 Å². The molecule has 0 unspecified atom stereocenters. The van der Waals surface area contributed by atoms with Crippen molar-refractivity contribution in [2.75, 3.05) is 26.7 Å². The molecule has 31 heavy (non-hydrogen) atoms. The van der Waals surface area contributed by atoms with Gasteiger partial charge < -0.3 is 14.5 Å². The van der Waals surface area contributed by atoms with Crippen molar-refractivity contribution in [3.05, 3.63) is 54.4 Å². The number of benzene rings is 1. The summed E-state index contributed by atoms with van der Waals surface area (Å²) >= 11 is 0. The van der Waals surface area contributed by atoms with E-state index in [1.54, 1.807) is 10.9 Å². The number of carbonyl (C=O) groups is 2. The lowest BCUT2D eigenvalue weighted by Crippen LogP contribution is -2.50. The van der Waals surface area contributed by atoms with Crippen molar-refractivity contribution in [1.82, 2.24) is 19.6 Å². The summed E-state index contributed by atoms with van der Waals surface area (Å²) in [4.78, 5) is 29.6. The van der Waals surface area contributed by atoms with E-state index in [0.717, 1.165) is 45.2 Å². The van der Waals surface area contributed by atoms with Gasteiger partial charge in [0.25, 0.3) is 5.91 Å². The first-order chi connectivity index (χ1) is 15.1. The number of likely N-dealkylation sites (tertiary alicyclic amines) is 1. The second kappa shape index (κ2) is 10.1. The van der Waals surface area contributed by atoms with E-state index in [1.807, 2.05) is 47.3 Å². The average Bonchev–Trinajstić information content (AvgIpc) is 3.52. The topological polar surface area (TPSA) is 67.7 Å². The molecular weight excluding hydrogens is 392 g/mol. The molecule has 2 atom stereocenters. The highest BCUT2D eigenvalue weighted by atomic mass is 16.5. The summed E-state index contributed by atoms with van der Waals surface area (Å²) in [6, 6.07) is 12.3. The molecule has 2 fully saturated rings. The van der Waals surface area contributed by atoms with Crippen molar-refractivity contribution in [2.24, 2.45) is 5.92 Å². The molecule has 7 heteroatoms. The van der Waals surface area contributed by atoms with E-state index in [-0.39, 0.29) is 30.5 Å². The zero-order chi connectivity index (χ0) is 21.6. The van der Waals surface area contributed by atoms with Crippen LogP contribution in [0.4, 0.5) is 0 Å². The van der Waals surface area contributed by atoms with Crippen LogP contribution in [0.15, 0.2) is 48.8 Å². The number of piperidine rings is 1. The van der Waals surface area contributed by atoms with Gasteiger partial charge in [-0.2, -0.15) is 5.10 Å². The van der Waals surface area contributed by atoms with E-state index < -0.39 is 0 Å². The van der Waals surface area contributed by atoms with Crippen molar-refractivity contribution in [2.45, 2.75) is 50.8 Å². The van der Waals surface area contributed by atoms with E-state index in [4.69, 9.17) is 4.74 Å². The standard InChI is InChI=1S/C24H32N4O3/c1-26(23(29)18-28-13-6-12-25-28)21(17-19-7-3-2-4-8-19)20-10-14-27(15-11-20)24(30)22-9-5-16-31-22/h2-4,6-8,12-13,20-22H,5,9-11,14-18H2,1H3/t21-,22+/m1/s1. The summed E-state index contributed by atoms with van der Waals surface area (Å²) in [6.45, 7) is 2.39. The monoisotopic (exact) mass is 424 g/mol. The first kappa shape index (κ1) is 21.6. The highest BCUT2D eigenvalue weighted by molar-refractivity contribution is 5.81. The largest absolute Gasteiger partial charge is 0.368 e. The van der Waals surface area contributed by atoms with Gasteiger partial charge in [-0.05, 0) is 49.7 Å². The summed E-state index contributed by atoms with van der Waals surface area (Å²) in [6.07, 6.45) is 7.66. The number of hydrogen-bond acceptors (Lipinski definition) is 4. The molecule has 2 aliphatic heterocycles. The highest BCUT2D eigenvalue weighted by Crippen LogP contribution is 2.28. The number of nitrogens with zero attached hydrogens (tertiary/aromatic N) is 4. The van der Waals surface area contributed by atoms with Gasteiger partial charge in [-0.15, -0.1) is 0 Å². The van der Waals surface area contributed by atoms with Crippen LogP contribution in [-0.4, -0.2) is 70.3 Å². The second-order valence-electron chi connectivity index (χ2n) is 8.63. The van der Waals surface area contributed by atoms with E-state index in [9.17, 15) is 9.59 Å². The zero-order valence-electron chi connectivity index (χ0n) is 18.2. The van der Waals surface area contributed by atoms with Crippen LogP contribution in [0.5, 0.6) is 0 Å². The Hall–Kier alpha value is -2.67. The molecule has 2 amide bonds. The fourth-order valence-electron chi connectivity index (χ4n) is 4.79. The van der Waals surface area contributed by atoms with Crippen LogP contribution in [0.25, 0.3) is 0 Å². The molecule has 0 bridgehead atoms. The van der Waals surface area contributed by atoms with Crippen LogP contribution in [0.2, 0.25) is 0 Å². The second-order valence-corrected chi connectivity index (χ2v) is 8.63. The van der Waals surface area contributed by atoms with Gasteiger partial charge in [-0.3, -0.25) is 14.3 Å². The fraction of sp³-hybridized carbons (Fsp3) is 0.542. The van der Waals surface area contributed by atoms with Crippen LogP contribution in [0, 0.1) is 5.92 Å². The quantitative estimate of drug-likeness (QED) is 0.684. The molecule has 0 spiro atoms. The van der Waals surface area contributed by atoms with Crippen LogP contribution < -0.4 is 0 Å². The predicted molar refractivity (Wildman–Crippen MR) is 117 cm³/mol. The molecule has 7 nitrogen and oxygen atoms in total. The Morgan fingerprint density at radius 2 is 1.94 bits per heavy atom. The number of carbonyl (C=O) groups excluding carboxylic acids is 2. The fourth-order valence-corrected chi connectivity index (χ4v) is 4.79. The van der Waals surface area contributed by atoms with Crippen molar-refractivity contribution in [1.29, 1.82) is 0 Å². The van der Waals surface area contributed by atoms with Crippen molar-refractivity contribution in [3.63, 3.8) is 0 Å². The van der Waals surface area contributed by atoms with Gasteiger partial charge in [0.15, 0.2) is 0 Å². The summed E-state index contributed by atoms with van der Waals surface area (Å²) in [7, 11) is 1.91. The average molecular weight is 425 g/mol. The third-order valence-corrected chi connectivity index (χ3v) is 6.64. The molecule has 1 aromatic heterocycles. The van der Waals surface area contributed by atoms with Gasteiger partial charge >= 0.3 is 0 Å².